The normalized spacial score (nSPS) is 17.9. The summed E-state index contributed by atoms with van der Waals surface area (Å²) in [5.74, 6) is -1.47. The zero-order chi connectivity index (χ0) is 21.2. The van der Waals surface area contributed by atoms with Crippen molar-refractivity contribution in [2.45, 2.75) is 43.5 Å². The first-order valence-corrected chi connectivity index (χ1v) is 11.5. The average molecular weight is 459 g/mol. The van der Waals surface area contributed by atoms with Crippen LogP contribution in [0.4, 0.5) is 10.1 Å². The molecule has 29 heavy (non-hydrogen) atoms. The summed E-state index contributed by atoms with van der Waals surface area (Å²) in [5, 5.41) is 3.28. The van der Waals surface area contributed by atoms with Crippen LogP contribution in [-0.4, -0.2) is 31.2 Å². The van der Waals surface area contributed by atoms with Crippen LogP contribution >= 0.6 is 23.2 Å². The van der Waals surface area contributed by atoms with Gasteiger partial charge in [0.1, 0.15) is 10.7 Å². The molecule has 1 fully saturated rings. The highest BCUT2D eigenvalue weighted by Gasteiger charge is 2.34. The monoisotopic (exact) mass is 458 g/mol. The Morgan fingerprint density at radius 3 is 2.52 bits per heavy atom. The van der Waals surface area contributed by atoms with E-state index in [1.54, 1.807) is 0 Å². The molecule has 1 amide bonds. The predicted molar refractivity (Wildman–Crippen MR) is 113 cm³/mol. The number of carbonyl (C=O) groups excluding carboxylic acids is 1. The number of rotatable bonds is 5. The van der Waals surface area contributed by atoms with Gasteiger partial charge in [-0.15, -0.1) is 0 Å². The van der Waals surface area contributed by atoms with E-state index in [0.29, 0.717) is 28.7 Å². The number of hydrogen-bond acceptors (Lipinski definition) is 3. The molecule has 0 spiro atoms. The van der Waals surface area contributed by atoms with Gasteiger partial charge in [-0.3, -0.25) is 4.79 Å². The Hall–Kier alpha value is -1.67. The van der Waals surface area contributed by atoms with Gasteiger partial charge in [-0.2, -0.15) is 4.31 Å². The largest absolute Gasteiger partial charge is 0.322 e. The summed E-state index contributed by atoms with van der Waals surface area (Å²) < 4.78 is 42.1. The quantitative estimate of drug-likeness (QED) is 0.657. The summed E-state index contributed by atoms with van der Waals surface area (Å²) in [4.78, 5) is 12.1. The molecule has 156 valence electrons. The predicted octanol–water partition coefficient (Wildman–Crippen LogP) is 5.34. The Kier molecular flexibility index (Phi) is 6.83. The molecule has 0 aliphatic carbocycles. The number of amides is 1. The highest BCUT2D eigenvalue weighted by atomic mass is 35.5. The van der Waals surface area contributed by atoms with Crippen LogP contribution in [-0.2, 0) is 10.0 Å². The van der Waals surface area contributed by atoms with Crippen molar-refractivity contribution in [2.24, 2.45) is 0 Å². The lowest BCUT2D eigenvalue weighted by atomic mass is 10.0. The molecule has 9 heteroatoms. The molecule has 1 aliphatic rings. The Balaban J connectivity index is 1.92. The van der Waals surface area contributed by atoms with Gasteiger partial charge < -0.3 is 5.32 Å². The smallest absolute Gasteiger partial charge is 0.255 e. The van der Waals surface area contributed by atoms with Crippen molar-refractivity contribution in [3.05, 3.63) is 57.8 Å². The first kappa shape index (κ1) is 22.0. The van der Waals surface area contributed by atoms with E-state index in [1.165, 1.54) is 28.6 Å². The third-order valence-corrected chi connectivity index (χ3v) is 7.35. The summed E-state index contributed by atoms with van der Waals surface area (Å²) in [7, 11) is -4.06. The molecule has 1 atom stereocenters. The molecule has 1 N–H and O–H groups in total. The van der Waals surface area contributed by atoms with Crippen LogP contribution in [0.25, 0.3) is 0 Å². The molecular formula is C20H21Cl2FN2O3S. The number of piperidine rings is 1. The van der Waals surface area contributed by atoms with Gasteiger partial charge in [0.05, 0.1) is 0 Å². The van der Waals surface area contributed by atoms with Gasteiger partial charge in [0.25, 0.3) is 5.91 Å². The molecule has 0 radical (unpaired) electrons. The van der Waals surface area contributed by atoms with Gasteiger partial charge in [-0.05, 0) is 55.7 Å². The highest BCUT2D eigenvalue weighted by molar-refractivity contribution is 7.89. The molecule has 0 bridgehead atoms. The van der Waals surface area contributed by atoms with E-state index in [-0.39, 0.29) is 11.6 Å². The molecular weight excluding hydrogens is 438 g/mol. The summed E-state index contributed by atoms with van der Waals surface area (Å²) in [6.45, 7) is 2.26. The second-order valence-electron chi connectivity index (χ2n) is 6.93. The molecule has 3 rings (SSSR count). The Labute approximate surface area is 179 Å². The number of halogens is 3. The fourth-order valence-electron chi connectivity index (χ4n) is 3.50. The lowest BCUT2D eigenvalue weighted by molar-refractivity contribution is 0.102. The van der Waals surface area contributed by atoms with E-state index in [0.717, 1.165) is 31.4 Å². The van der Waals surface area contributed by atoms with Gasteiger partial charge in [0, 0.05) is 33.9 Å². The van der Waals surface area contributed by atoms with Crippen molar-refractivity contribution in [3.63, 3.8) is 0 Å². The average Bonchev–Trinajstić information content (AvgIpc) is 2.67. The third kappa shape index (κ3) is 4.91. The second kappa shape index (κ2) is 9.00. The van der Waals surface area contributed by atoms with Crippen LogP contribution in [0.1, 0.15) is 43.0 Å². The van der Waals surface area contributed by atoms with Crippen molar-refractivity contribution >= 4 is 44.8 Å². The van der Waals surface area contributed by atoms with Crippen molar-refractivity contribution in [2.75, 3.05) is 11.9 Å². The topological polar surface area (TPSA) is 66.5 Å². The van der Waals surface area contributed by atoms with E-state index >= 15 is 0 Å². The Morgan fingerprint density at radius 2 is 1.86 bits per heavy atom. The van der Waals surface area contributed by atoms with Gasteiger partial charge in [-0.25, -0.2) is 12.8 Å². The van der Waals surface area contributed by atoms with E-state index in [4.69, 9.17) is 23.2 Å². The van der Waals surface area contributed by atoms with Crippen molar-refractivity contribution < 1.29 is 17.6 Å². The van der Waals surface area contributed by atoms with E-state index in [9.17, 15) is 17.6 Å². The van der Waals surface area contributed by atoms with Crippen LogP contribution < -0.4 is 5.32 Å². The maximum absolute atomic E-state index is 14.5. The SMILES string of the molecule is CC[C@H]1CCCCN1S(=O)(=O)c1cc(C(=O)Nc2cc(Cl)cc(Cl)c2)ccc1F. The molecule has 2 aromatic carbocycles. The zero-order valence-corrected chi connectivity index (χ0v) is 18.1. The lowest BCUT2D eigenvalue weighted by Gasteiger charge is -2.34. The minimum atomic E-state index is -4.06. The molecule has 1 saturated heterocycles. The number of benzene rings is 2. The van der Waals surface area contributed by atoms with E-state index in [2.05, 4.69) is 5.32 Å². The zero-order valence-electron chi connectivity index (χ0n) is 15.8. The maximum Gasteiger partial charge on any atom is 0.255 e. The standard InChI is InChI=1S/C20H21Cl2FN2O3S/c1-2-17-5-3-4-8-25(17)29(27,28)19-9-13(6-7-18(19)23)20(26)24-16-11-14(21)10-15(22)12-16/h6-7,9-12,17H,2-5,8H2,1H3,(H,24,26)/t17-/m0/s1. The summed E-state index contributed by atoms with van der Waals surface area (Å²) in [5.41, 5.74) is 0.370. The summed E-state index contributed by atoms with van der Waals surface area (Å²) >= 11 is 11.9. The number of carbonyl (C=O) groups is 1. The summed E-state index contributed by atoms with van der Waals surface area (Å²) in [6.07, 6.45) is 3.06. The molecule has 5 nitrogen and oxygen atoms in total. The fraction of sp³-hybridized carbons (Fsp3) is 0.350. The second-order valence-corrected chi connectivity index (χ2v) is 9.66. The van der Waals surface area contributed by atoms with E-state index < -0.39 is 26.6 Å². The maximum atomic E-state index is 14.5. The molecule has 0 aromatic heterocycles. The van der Waals surface area contributed by atoms with Gasteiger partial charge in [0.2, 0.25) is 10.0 Å². The minimum Gasteiger partial charge on any atom is -0.322 e. The highest BCUT2D eigenvalue weighted by Crippen LogP contribution is 2.29. The fourth-order valence-corrected chi connectivity index (χ4v) is 5.88. The van der Waals surface area contributed by atoms with Crippen LogP contribution in [0.2, 0.25) is 10.0 Å². The van der Waals surface area contributed by atoms with E-state index in [1.807, 2.05) is 6.92 Å². The van der Waals surface area contributed by atoms with Gasteiger partial charge >= 0.3 is 0 Å². The minimum absolute atomic E-state index is 0.0196. The van der Waals surface area contributed by atoms with Gasteiger partial charge in [0.15, 0.2) is 0 Å². The number of hydrogen-bond donors (Lipinski definition) is 1. The van der Waals surface area contributed by atoms with Crippen LogP contribution in [0.15, 0.2) is 41.3 Å². The van der Waals surface area contributed by atoms with Gasteiger partial charge in [-0.1, -0.05) is 36.5 Å². The van der Waals surface area contributed by atoms with Crippen LogP contribution in [0, 0.1) is 5.82 Å². The number of nitrogens with one attached hydrogen (secondary N) is 1. The van der Waals surface area contributed by atoms with Crippen LogP contribution in [0.3, 0.4) is 0 Å². The van der Waals surface area contributed by atoms with Crippen molar-refractivity contribution in [1.82, 2.24) is 4.31 Å². The Morgan fingerprint density at radius 1 is 1.17 bits per heavy atom. The van der Waals surface area contributed by atoms with Crippen molar-refractivity contribution in [3.8, 4) is 0 Å². The molecule has 0 unspecified atom stereocenters. The first-order valence-electron chi connectivity index (χ1n) is 9.31. The lowest BCUT2D eigenvalue weighted by Crippen LogP contribution is -2.43. The Bertz CT molecular complexity index is 1010. The number of nitrogens with zero attached hydrogens (tertiary/aromatic N) is 1. The third-order valence-electron chi connectivity index (χ3n) is 4.94. The molecule has 1 aliphatic heterocycles. The van der Waals surface area contributed by atoms with Crippen LogP contribution in [0.5, 0.6) is 0 Å². The summed E-state index contributed by atoms with van der Waals surface area (Å²) in [6, 6.07) is 7.68. The molecule has 1 heterocycles. The number of anilines is 1. The first-order chi connectivity index (χ1) is 13.7. The molecule has 0 saturated carbocycles. The molecule has 2 aromatic rings. The van der Waals surface area contributed by atoms with Crippen molar-refractivity contribution in [1.29, 1.82) is 0 Å². The number of sulfonamides is 1.